The van der Waals surface area contributed by atoms with Gasteiger partial charge in [0, 0.05) is 19.5 Å². The van der Waals surface area contributed by atoms with Crippen LogP contribution in [0.25, 0.3) is 10.4 Å². The smallest absolute Gasteiger partial charge is 0.243 e. The molecule has 1 aromatic heterocycles. The molecule has 3 atom stereocenters. The van der Waals surface area contributed by atoms with E-state index in [1.807, 2.05) is 57.5 Å². The molecule has 0 saturated carbocycles. The molecule has 1 aromatic carbocycles. The van der Waals surface area contributed by atoms with Gasteiger partial charge in [0.1, 0.15) is 6.04 Å². The maximum Gasteiger partial charge on any atom is 0.243 e. The van der Waals surface area contributed by atoms with Crippen LogP contribution in [0.1, 0.15) is 38.4 Å². The summed E-state index contributed by atoms with van der Waals surface area (Å²) in [5.74, 6) is -0.396. The molecule has 1 fully saturated rings. The zero-order valence-electron chi connectivity index (χ0n) is 18.8. The van der Waals surface area contributed by atoms with Crippen LogP contribution >= 0.6 is 11.3 Å². The van der Waals surface area contributed by atoms with Crippen LogP contribution in [0.2, 0.25) is 0 Å². The highest BCUT2D eigenvalue weighted by Gasteiger charge is 2.43. The molecule has 2 amide bonds. The third-order valence-electron chi connectivity index (χ3n) is 5.69. The SMILES string of the molecule is CN[C@H](C(=O)N1C[C@@H](O)C[C@@H]1C(=O)NCc1ccc(-c2scnc2C)cc1)C(C)(C)C. The number of aromatic nitrogens is 1. The van der Waals surface area contributed by atoms with Gasteiger partial charge in [0.05, 0.1) is 28.2 Å². The predicted molar refractivity (Wildman–Crippen MR) is 123 cm³/mol. The first kappa shape index (κ1) is 23.4. The highest BCUT2D eigenvalue weighted by Crippen LogP contribution is 2.28. The van der Waals surface area contributed by atoms with Crippen LogP contribution in [0.15, 0.2) is 29.8 Å². The summed E-state index contributed by atoms with van der Waals surface area (Å²) in [7, 11) is 1.74. The van der Waals surface area contributed by atoms with Crippen LogP contribution < -0.4 is 10.6 Å². The number of carbonyl (C=O) groups excluding carboxylic acids is 2. The maximum absolute atomic E-state index is 13.1. The minimum Gasteiger partial charge on any atom is -0.391 e. The lowest BCUT2D eigenvalue weighted by molar-refractivity contribution is -0.142. The normalized spacial score (nSPS) is 20.0. The number of hydrogen-bond acceptors (Lipinski definition) is 6. The van der Waals surface area contributed by atoms with Crippen LogP contribution in [0.5, 0.6) is 0 Å². The fraction of sp³-hybridized carbons (Fsp3) is 0.522. The van der Waals surface area contributed by atoms with Crippen molar-refractivity contribution >= 4 is 23.2 Å². The fourth-order valence-electron chi connectivity index (χ4n) is 4.06. The zero-order valence-corrected chi connectivity index (χ0v) is 19.6. The van der Waals surface area contributed by atoms with Gasteiger partial charge in [-0.25, -0.2) is 4.98 Å². The van der Waals surface area contributed by atoms with Crippen molar-refractivity contribution in [2.45, 2.75) is 58.8 Å². The van der Waals surface area contributed by atoms with Gasteiger partial charge in [-0.2, -0.15) is 0 Å². The lowest BCUT2D eigenvalue weighted by Crippen LogP contribution is -2.55. The van der Waals surface area contributed by atoms with Gasteiger partial charge in [0.25, 0.3) is 0 Å². The Labute approximate surface area is 187 Å². The third kappa shape index (κ3) is 5.31. The van der Waals surface area contributed by atoms with E-state index >= 15 is 0 Å². The minimum absolute atomic E-state index is 0.156. The largest absolute Gasteiger partial charge is 0.391 e. The number of thiazole rings is 1. The van der Waals surface area contributed by atoms with Crippen LogP contribution in [0, 0.1) is 12.3 Å². The van der Waals surface area contributed by atoms with Crippen LogP contribution in [0.4, 0.5) is 0 Å². The molecular weight excluding hydrogens is 412 g/mol. The monoisotopic (exact) mass is 444 g/mol. The van der Waals surface area contributed by atoms with Crippen molar-refractivity contribution in [3.05, 3.63) is 41.0 Å². The van der Waals surface area contributed by atoms with Crippen molar-refractivity contribution in [2.24, 2.45) is 5.41 Å². The number of nitrogens with one attached hydrogen (secondary N) is 2. The number of likely N-dealkylation sites (tertiary alicyclic amines) is 1. The molecular formula is C23H32N4O3S. The molecule has 0 radical (unpaired) electrons. The summed E-state index contributed by atoms with van der Waals surface area (Å²) in [5, 5.41) is 16.2. The molecule has 1 aliphatic heterocycles. The molecule has 1 aliphatic rings. The number of hydrogen-bond donors (Lipinski definition) is 3. The highest BCUT2D eigenvalue weighted by atomic mass is 32.1. The number of rotatable bonds is 6. The van der Waals surface area contributed by atoms with E-state index in [0.717, 1.165) is 21.7 Å². The average molecular weight is 445 g/mol. The van der Waals surface area contributed by atoms with Crippen molar-refractivity contribution in [3.63, 3.8) is 0 Å². The van der Waals surface area contributed by atoms with Gasteiger partial charge in [0.15, 0.2) is 0 Å². The molecule has 3 N–H and O–H groups in total. The molecule has 0 bridgehead atoms. The molecule has 2 heterocycles. The van der Waals surface area contributed by atoms with Gasteiger partial charge in [-0.1, -0.05) is 45.0 Å². The van der Waals surface area contributed by atoms with E-state index in [4.69, 9.17) is 0 Å². The number of aliphatic hydroxyl groups is 1. The first-order valence-electron chi connectivity index (χ1n) is 10.5. The summed E-state index contributed by atoms with van der Waals surface area (Å²) in [6.07, 6.45) is -0.444. The lowest BCUT2D eigenvalue weighted by Gasteiger charge is -2.34. The molecule has 0 aliphatic carbocycles. The number of amides is 2. The number of nitrogens with zero attached hydrogens (tertiary/aromatic N) is 2. The van der Waals surface area contributed by atoms with E-state index in [1.54, 1.807) is 18.4 Å². The van der Waals surface area contributed by atoms with E-state index in [9.17, 15) is 14.7 Å². The highest BCUT2D eigenvalue weighted by molar-refractivity contribution is 7.13. The van der Waals surface area contributed by atoms with Crippen molar-refractivity contribution < 1.29 is 14.7 Å². The van der Waals surface area contributed by atoms with Crippen molar-refractivity contribution in [3.8, 4) is 10.4 Å². The predicted octanol–water partition coefficient (Wildman–Crippen LogP) is 2.33. The average Bonchev–Trinajstić information content (AvgIpc) is 3.31. The summed E-state index contributed by atoms with van der Waals surface area (Å²) < 4.78 is 0. The van der Waals surface area contributed by atoms with Gasteiger partial charge in [-0.3, -0.25) is 9.59 Å². The quantitative estimate of drug-likeness (QED) is 0.636. The molecule has 1 saturated heterocycles. The van der Waals surface area contributed by atoms with Gasteiger partial charge in [-0.05, 0) is 30.5 Å². The summed E-state index contributed by atoms with van der Waals surface area (Å²) in [6.45, 7) is 8.46. The van der Waals surface area contributed by atoms with Crippen molar-refractivity contribution in [2.75, 3.05) is 13.6 Å². The van der Waals surface area contributed by atoms with E-state index in [0.29, 0.717) is 6.54 Å². The lowest BCUT2D eigenvalue weighted by atomic mass is 9.86. The van der Waals surface area contributed by atoms with Gasteiger partial charge in [-0.15, -0.1) is 11.3 Å². The second-order valence-corrected chi connectivity index (χ2v) is 10.0. The van der Waals surface area contributed by atoms with Crippen molar-refractivity contribution in [1.29, 1.82) is 0 Å². The summed E-state index contributed by atoms with van der Waals surface area (Å²) in [4.78, 5) is 32.9. The van der Waals surface area contributed by atoms with Crippen LogP contribution in [-0.4, -0.2) is 58.6 Å². The first-order valence-corrected chi connectivity index (χ1v) is 11.4. The summed E-state index contributed by atoms with van der Waals surface area (Å²) >= 11 is 1.61. The van der Waals surface area contributed by atoms with Gasteiger partial charge < -0.3 is 20.6 Å². The van der Waals surface area contributed by atoms with Gasteiger partial charge in [0.2, 0.25) is 11.8 Å². The second-order valence-electron chi connectivity index (χ2n) is 9.17. The van der Waals surface area contributed by atoms with Crippen molar-refractivity contribution in [1.82, 2.24) is 20.5 Å². The van der Waals surface area contributed by atoms with E-state index in [-0.39, 0.29) is 30.2 Å². The Morgan fingerprint density at radius 1 is 1.29 bits per heavy atom. The standard InChI is InChI=1S/C23H32N4O3S/c1-14-19(31-13-26-14)16-8-6-15(7-9-16)11-25-21(29)18-10-17(28)12-27(18)22(30)20(24-5)23(2,3)4/h6-9,13,17-18,20,24,28H,10-12H2,1-5H3,(H,25,29)/t17-,18+,20+/m0/s1. The topological polar surface area (TPSA) is 94.6 Å². The molecule has 7 nitrogen and oxygen atoms in total. The molecule has 0 unspecified atom stereocenters. The number of aliphatic hydroxyl groups excluding tert-OH is 1. The number of likely N-dealkylation sites (N-methyl/N-ethyl adjacent to an activating group) is 1. The van der Waals surface area contributed by atoms with Crippen LogP contribution in [0.3, 0.4) is 0 Å². The number of carbonyl (C=O) groups is 2. The zero-order chi connectivity index (χ0) is 22.8. The number of benzene rings is 1. The Morgan fingerprint density at radius 2 is 1.97 bits per heavy atom. The Hall–Kier alpha value is -2.29. The molecule has 0 spiro atoms. The molecule has 3 rings (SSSR count). The third-order valence-corrected chi connectivity index (χ3v) is 6.67. The number of aryl methyl sites for hydroxylation is 1. The van der Waals surface area contributed by atoms with E-state index in [1.165, 1.54) is 4.90 Å². The Morgan fingerprint density at radius 3 is 2.52 bits per heavy atom. The number of β-amino-alcohol motifs (C(OH)–C–C–N with tert-alkyl or cyclic N) is 1. The maximum atomic E-state index is 13.1. The second kappa shape index (κ2) is 9.46. The summed E-state index contributed by atoms with van der Waals surface area (Å²) in [6, 6.07) is 6.92. The Balaban J connectivity index is 1.65. The van der Waals surface area contributed by atoms with Crippen LogP contribution in [-0.2, 0) is 16.1 Å². The molecule has 31 heavy (non-hydrogen) atoms. The fourth-order valence-corrected chi connectivity index (χ4v) is 4.87. The molecule has 168 valence electrons. The Kier molecular flexibility index (Phi) is 7.13. The van der Waals surface area contributed by atoms with E-state index < -0.39 is 18.2 Å². The van der Waals surface area contributed by atoms with E-state index in [2.05, 4.69) is 15.6 Å². The first-order chi connectivity index (χ1) is 14.6. The van der Waals surface area contributed by atoms with Gasteiger partial charge >= 0.3 is 0 Å². The Bertz CT molecular complexity index is 920. The molecule has 2 aromatic rings. The minimum atomic E-state index is -0.695. The molecule has 8 heteroatoms. The summed E-state index contributed by atoms with van der Waals surface area (Å²) in [5.41, 5.74) is 4.61.